The van der Waals surface area contributed by atoms with E-state index in [2.05, 4.69) is 4.99 Å². The maximum absolute atomic E-state index is 11.8. The van der Waals surface area contributed by atoms with Gasteiger partial charge in [-0.15, -0.1) is 0 Å². The molecule has 1 aliphatic rings. The number of carbonyl (C=O) groups is 1. The van der Waals surface area contributed by atoms with E-state index in [1.807, 2.05) is 25.1 Å². The van der Waals surface area contributed by atoms with Crippen LogP contribution in [-0.2, 0) is 4.79 Å². The Labute approximate surface area is 183 Å². The molecule has 30 heavy (non-hydrogen) atoms. The Hall–Kier alpha value is -2.84. The molecule has 2 aromatic carbocycles. The van der Waals surface area contributed by atoms with Crippen molar-refractivity contribution in [3.63, 3.8) is 0 Å². The Morgan fingerprint density at radius 1 is 1.13 bits per heavy atom. The van der Waals surface area contributed by atoms with Gasteiger partial charge in [-0.2, -0.15) is 4.99 Å². The Bertz CT molecular complexity index is 993. The lowest BCUT2D eigenvalue weighted by atomic mass is 10.2. The van der Waals surface area contributed by atoms with Crippen LogP contribution in [0.15, 0.2) is 46.3 Å². The lowest BCUT2D eigenvalue weighted by Gasteiger charge is -2.15. The van der Waals surface area contributed by atoms with Crippen molar-refractivity contribution in [1.29, 1.82) is 0 Å². The van der Waals surface area contributed by atoms with Crippen molar-refractivity contribution in [2.75, 3.05) is 26.9 Å². The molecule has 1 aliphatic heterocycles. The first-order chi connectivity index (χ1) is 14.5. The van der Waals surface area contributed by atoms with Crippen LogP contribution in [-0.4, -0.2) is 38.0 Å². The van der Waals surface area contributed by atoms with E-state index in [1.54, 1.807) is 31.4 Å². The Morgan fingerprint density at radius 2 is 1.90 bits per heavy atom. The van der Waals surface area contributed by atoms with E-state index in [1.165, 1.54) is 0 Å². The SMILES string of the molecule is CCOc1cc(/C=C2\SC(N)=NC2=O)cc(Cl)c1OCCOc1cccc(OC)c1. The molecule has 1 heterocycles. The molecule has 1 amide bonds. The van der Waals surface area contributed by atoms with Crippen LogP contribution in [0.1, 0.15) is 12.5 Å². The number of nitrogens with two attached hydrogens (primary N) is 1. The standard InChI is InChI=1S/C21H21ClN2O5S/c1-3-27-17-10-13(11-18-20(25)24-21(23)30-18)9-16(22)19(17)29-8-7-28-15-6-4-5-14(12-15)26-2/h4-6,9-12H,3,7-8H2,1-2H3,(H2,23,24,25)/b18-11-. The number of carbonyl (C=O) groups excluding carboxylic acids is 1. The summed E-state index contributed by atoms with van der Waals surface area (Å²) in [6.45, 7) is 2.86. The number of amides is 1. The summed E-state index contributed by atoms with van der Waals surface area (Å²) in [5.74, 6) is 1.90. The summed E-state index contributed by atoms with van der Waals surface area (Å²) in [4.78, 5) is 15.9. The third-order valence-electron chi connectivity index (χ3n) is 3.91. The number of nitrogens with zero attached hydrogens (tertiary/aromatic N) is 1. The largest absolute Gasteiger partial charge is 0.497 e. The number of benzene rings is 2. The van der Waals surface area contributed by atoms with Crippen LogP contribution in [0.3, 0.4) is 0 Å². The van der Waals surface area contributed by atoms with Gasteiger partial charge in [-0.25, -0.2) is 0 Å². The zero-order valence-corrected chi connectivity index (χ0v) is 18.1. The van der Waals surface area contributed by atoms with E-state index in [9.17, 15) is 4.79 Å². The summed E-state index contributed by atoms with van der Waals surface area (Å²) in [7, 11) is 1.60. The maximum atomic E-state index is 11.8. The van der Waals surface area contributed by atoms with Gasteiger partial charge in [0.05, 0.1) is 23.6 Å². The number of rotatable bonds is 9. The first kappa shape index (κ1) is 21.9. The van der Waals surface area contributed by atoms with Crippen molar-refractivity contribution in [2.45, 2.75) is 6.92 Å². The molecule has 0 saturated carbocycles. The number of aliphatic imine (C=N–C) groups is 1. The van der Waals surface area contributed by atoms with Gasteiger partial charge in [0.25, 0.3) is 5.91 Å². The van der Waals surface area contributed by atoms with Crippen LogP contribution in [0.5, 0.6) is 23.0 Å². The smallest absolute Gasteiger partial charge is 0.286 e. The van der Waals surface area contributed by atoms with Gasteiger partial charge in [-0.1, -0.05) is 17.7 Å². The molecule has 3 rings (SSSR count). The van der Waals surface area contributed by atoms with Gasteiger partial charge in [0.2, 0.25) is 0 Å². The van der Waals surface area contributed by atoms with Crippen molar-refractivity contribution in [3.8, 4) is 23.0 Å². The zero-order chi connectivity index (χ0) is 21.5. The first-order valence-electron chi connectivity index (χ1n) is 9.14. The van der Waals surface area contributed by atoms with Gasteiger partial charge in [0.15, 0.2) is 16.7 Å². The second-order valence-corrected chi connectivity index (χ2v) is 7.47. The maximum Gasteiger partial charge on any atom is 0.286 e. The molecule has 0 radical (unpaired) electrons. The van der Waals surface area contributed by atoms with Gasteiger partial charge >= 0.3 is 0 Å². The lowest BCUT2D eigenvalue weighted by Crippen LogP contribution is -2.10. The second-order valence-electron chi connectivity index (χ2n) is 6.00. The summed E-state index contributed by atoms with van der Waals surface area (Å²) < 4.78 is 22.3. The third kappa shape index (κ3) is 5.61. The molecule has 0 spiro atoms. The molecule has 7 nitrogen and oxygen atoms in total. The van der Waals surface area contributed by atoms with Crippen LogP contribution < -0.4 is 24.7 Å². The van der Waals surface area contributed by atoms with E-state index in [4.69, 9.17) is 36.3 Å². The van der Waals surface area contributed by atoms with Crippen LogP contribution in [0.4, 0.5) is 0 Å². The first-order valence-corrected chi connectivity index (χ1v) is 10.3. The highest BCUT2D eigenvalue weighted by Crippen LogP contribution is 2.38. The molecule has 0 saturated heterocycles. The van der Waals surface area contributed by atoms with E-state index < -0.39 is 0 Å². The number of methoxy groups -OCH3 is 1. The molecular formula is C21H21ClN2O5S. The highest BCUT2D eigenvalue weighted by Gasteiger charge is 2.20. The average molecular weight is 449 g/mol. The van der Waals surface area contributed by atoms with Gasteiger partial charge < -0.3 is 24.7 Å². The summed E-state index contributed by atoms with van der Waals surface area (Å²) in [5, 5.41) is 0.580. The predicted octanol–water partition coefficient (Wildman–Crippen LogP) is 4.13. The molecule has 9 heteroatoms. The average Bonchev–Trinajstić information content (AvgIpc) is 3.03. The fraction of sp³-hybridized carbons (Fsp3) is 0.238. The molecule has 0 bridgehead atoms. The summed E-state index contributed by atoms with van der Waals surface area (Å²) in [5.41, 5.74) is 6.27. The highest BCUT2D eigenvalue weighted by molar-refractivity contribution is 8.18. The minimum Gasteiger partial charge on any atom is -0.497 e. The number of amidine groups is 1. The molecule has 0 aliphatic carbocycles. The van der Waals surface area contributed by atoms with Gasteiger partial charge in [-0.3, -0.25) is 4.79 Å². The van der Waals surface area contributed by atoms with E-state index in [-0.39, 0.29) is 17.7 Å². The van der Waals surface area contributed by atoms with Crippen molar-refractivity contribution in [3.05, 3.63) is 51.9 Å². The van der Waals surface area contributed by atoms with E-state index in [0.29, 0.717) is 51.7 Å². The molecule has 158 valence electrons. The minimum absolute atomic E-state index is 0.221. The third-order valence-corrected chi connectivity index (χ3v) is 5.00. The van der Waals surface area contributed by atoms with Crippen molar-refractivity contribution in [1.82, 2.24) is 0 Å². The van der Waals surface area contributed by atoms with Crippen molar-refractivity contribution < 1.29 is 23.7 Å². The van der Waals surface area contributed by atoms with Crippen molar-refractivity contribution in [2.24, 2.45) is 10.7 Å². The molecule has 0 unspecified atom stereocenters. The molecular weight excluding hydrogens is 428 g/mol. The fourth-order valence-corrected chi connectivity index (χ4v) is 3.60. The Balaban J connectivity index is 1.68. The lowest BCUT2D eigenvalue weighted by molar-refractivity contribution is -0.113. The molecule has 2 aromatic rings. The second kappa shape index (κ2) is 10.3. The predicted molar refractivity (Wildman–Crippen MR) is 119 cm³/mol. The van der Waals surface area contributed by atoms with Gasteiger partial charge in [0.1, 0.15) is 24.7 Å². The number of hydrogen-bond acceptors (Lipinski definition) is 7. The summed E-state index contributed by atoms with van der Waals surface area (Å²) in [6, 6.07) is 10.8. The fourth-order valence-electron chi connectivity index (χ4n) is 2.65. The number of thioether (sulfide) groups is 1. The number of ether oxygens (including phenoxy) is 4. The van der Waals surface area contributed by atoms with Crippen LogP contribution >= 0.6 is 23.4 Å². The summed E-state index contributed by atoms with van der Waals surface area (Å²) >= 11 is 7.53. The molecule has 2 N–H and O–H groups in total. The van der Waals surface area contributed by atoms with Crippen LogP contribution in [0.25, 0.3) is 6.08 Å². The molecule has 0 fully saturated rings. The highest BCUT2D eigenvalue weighted by atomic mass is 35.5. The van der Waals surface area contributed by atoms with E-state index in [0.717, 1.165) is 11.8 Å². The topological polar surface area (TPSA) is 92.4 Å². The zero-order valence-electron chi connectivity index (χ0n) is 16.5. The summed E-state index contributed by atoms with van der Waals surface area (Å²) in [6.07, 6.45) is 1.67. The van der Waals surface area contributed by atoms with Gasteiger partial charge in [0, 0.05) is 6.07 Å². The van der Waals surface area contributed by atoms with Crippen LogP contribution in [0, 0.1) is 0 Å². The minimum atomic E-state index is -0.374. The monoisotopic (exact) mass is 448 g/mol. The Kier molecular flexibility index (Phi) is 7.48. The normalized spacial score (nSPS) is 14.6. The molecule has 0 atom stereocenters. The number of halogens is 1. The van der Waals surface area contributed by atoms with E-state index >= 15 is 0 Å². The van der Waals surface area contributed by atoms with Crippen molar-refractivity contribution >= 4 is 40.5 Å². The van der Waals surface area contributed by atoms with Gasteiger partial charge in [-0.05, 0) is 54.6 Å². The Morgan fingerprint density at radius 3 is 2.60 bits per heavy atom. The number of hydrogen-bond donors (Lipinski definition) is 1. The quantitative estimate of drug-likeness (QED) is 0.455. The van der Waals surface area contributed by atoms with Crippen LogP contribution in [0.2, 0.25) is 5.02 Å². The molecule has 0 aromatic heterocycles.